The van der Waals surface area contributed by atoms with Gasteiger partial charge in [0.15, 0.2) is 0 Å². The maximum absolute atomic E-state index is 11.7. The lowest BCUT2D eigenvalue weighted by atomic mass is 9.93. The molecule has 1 fully saturated rings. The van der Waals surface area contributed by atoms with Gasteiger partial charge in [-0.25, -0.2) is 0 Å². The molecule has 1 rings (SSSR count). The number of hydrogen-bond acceptors (Lipinski definition) is 4. The maximum Gasteiger partial charge on any atom is 0.237 e. The van der Waals surface area contributed by atoms with Crippen LogP contribution in [0.1, 0.15) is 53.4 Å². The van der Waals surface area contributed by atoms with Crippen molar-refractivity contribution in [3.8, 4) is 0 Å². The van der Waals surface area contributed by atoms with E-state index in [-0.39, 0.29) is 11.9 Å². The Hall–Kier alpha value is -0.650. The summed E-state index contributed by atoms with van der Waals surface area (Å²) in [6.07, 6.45) is 4.36. The Bertz CT molecular complexity index is 323. The first-order valence-electron chi connectivity index (χ1n) is 8.29. The van der Waals surface area contributed by atoms with Crippen LogP contribution in [0.4, 0.5) is 0 Å². The second-order valence-corrected chi connectivity index (χ2v) is 6.65. The number of unbranched alkanes of at least 4 members (excludes halogenated alkanes) is 1. The van der Waals surface area contributed by atoms with E-state index >= 15 is 0 Å². The van der Waals surface area contributed by atoms with Gasteiger partial charge in [0.1, 0.15) is 0 Å². The molecule has 124 valence electrons. The van der Waals surface area contributed by atoms with Gasteiger partial charge in [0.2, 0.25) is 5.91 Å². The van der Waals surface area contributed by atoms with E-state index < -0.39 is 5.54 Å². The number of nitrogens with two attached hydrogens (primary N) is 1. The third-order valence-corrected chi connectivity index (χ3v) is 4.23. The minimum atomic E-state index is -0.592. The fraction of sp³-hybridized carbons (Fsp3) is 0.938. The highest BCUT2D eigenvalue weighted by molar-refractivity contribution is 5.84. The number of carbonyl (C=O) groups excluding carboxylic acids is 1. The molecule has 0 aromatic carbocycles. The van der Waals surface area contributed by atoms with Gasteiger partial charge in [0.25, 0.3) is 0 Å². The lowest BCUT2D eigenvalue weighted by Crippen LogP contribution is -2.55. The molecule has 5 heteroatoms. The van der Waals surface area contributed by atoms with Crippen LogP contribution in [0.15, 0.2) is 0 Å². The molecule has 2 unspecified atom stereocenters. The number of amides is 1. The first-order valence-corrected chi connectivity index (χ1v) is 8.29. The molecule has 0 aromatic heterocycles. The highest BCUT2D eigenvalue weighted by atomic mass is 16.5. The first kappa shape index (κ1) is 18.4. The van der Waals surface area contributed by atoms with Crippen LogP contribution in [0.3, 0.4) is 0 Å². The molecule has 1 amide bonds. The lowest BCUT2D eigenvalue weighted by Gasteiger charge is -2.33. The molecule has 3 N–H and O–H groups in total. The summed E-state index contributed by atoms with van der Waals surface area (Å²) in [5, 5.41) is 3.30. The molecular weight excluding hydrogens is 266 g/mol. The number of nitrogens with one attached hydrogen (secondary N) is 1. The Morgan fingerprint density at radius 1 is 1.48 bits per heavy atom. The van der Waals surface area contributed by atoms with Gasteiger partial charge in [-0.15, -0.1) is 0 Å². The molecule has 1 aliphatic rings. The number of ether oxygens (including phenoxy) is 1. The summed E-state index contributed by atoms with van der Waals surface area (Å²) >= 11 is 0. The van der Waals surface area contributed by atoms with E-state index in [4.69, 9.17) is 10.5 Å². The molecule has 5 nitrogen and oxygen atoms in total. The standard InChI is InChI=1S/C16H33N3O2/c1-5-14-12-19(10-11-21-14)9-7-6-8-16(4,15(17)20)18-13(2)3/h13-14,18H,5-12H2,1-4H3,(H2,17,20). The van der Waals surface area contributed by atoms with Crippen LogP contribution in [-0.4, -0.2) is 54.7 Å². The summed E-state index contributed by atoms with van der Waals surface area (Å²) in [6.45, 7) is 12.1. The smallest absolute Gasteiger partial charge is 0.237 e. The Morgan fingerprint density at radius 2 is 2.19 bits per heavy atom. The predicted molar refractivity (Wildman–Crippen MR) is 86.2 cm³/mol. The topological polar surface area (TPSA) is 67.6 Å². The highest BCUT2D eigenvalue weighted by Crippen LogP contribution is 2.16. The van der Waals surface area contributed by atoms with Crippen LogP contribution in [0.25, 0.3) is 0 Å². The summed E-state index contributed by atoms with van der Waals surface area (Å²) in [7, 11) is 0. The highest BCUT2D eigenvalue weighted by Gasteiger charge is 2.30. The van der Waals surface area contributed by atoms with E-state index in [1.165, 1.54) is 0 Å². The lowest BCUT2D eigenvalue weighted by molar-refractivity contribution is -0.124. The van der Waals surface area contributed by atoms with E-state index in [0.29, 0.717) is 6.10 Å². The SMILES string of the molecule is CCC1CN(CCCCC(C)(NC(C)C)C(N)=O)CCO1. The van der Waals surface area contributed by atoms with E-state index in [1.807, 2.05) is 20.8 Å². The van der Waals surface area contributed by atoms with Gasteiger partial charge in [0, 0.05) is 19.1 Å². The Labute approximate surface area is 129 Å². The quantitative estimate of drug-likeness (QED) is 0.633. The van der Waals surface area contributed by atoms with Crippen molar-refractivity contribution < 1.29 is 9.53 Å². The Balaban J connectivity index is 2.29. The third-order valence-electron chi connectivity index (χ3n) is 4.23. The van der Waals surface area contributed by atoms with Gasteiger partial charge in [-0.1, -0.05) is 6.92 Å². The monoisotopic (exact) mass is 299 g/mol. The van der Waals surface area contributed by atoms with Gasteiger partial charge >= 0.3 is 0 Å². The van der Waals surface area contributed by atoms with Crippen LogP contribution < -0.4 is 11.1 Å². The van der Waals surface area contributed by atoms with Crippen molar-refractivity contribution in [2.24, 2.45) is 5.73 Å². The van der Waals surface area contributed by atoms with Gasteiger partial charge in [-0.05, 0) is 53.0 Å². The van der Waals surface area contributed by atoms with Crippen molar-refractivity contribution >= 4 is 5.91 Å². The molecule has 0 bridgehead atoms. The fourth-order valence-corrected chi connectivity index (χ4v) is 2.95. The van der Waals surface area contributed by atoms with Crippen LogP contribution in [0.2, 0.25) is 0 Å². The van der Waals surface area contributed by atoms with Gasteiger partial charge < -0.3 is 15.8 Å². The fourth-order valence-electron chi connectivity index (χ4n) is 2.95. The minimum absolute atomic E-state index is 0.256. The molecule has 2 atom stereocenters. The molecule has 0 radical (unpaired) electrons. The zero-order valence-corrected chi connectivity index (χ0v) is 14.2. The zero-order valence-electron chi connectivity index (χ0n) is 14.2. The van der Waals surface area contributed by atoms with Crippen LogP contribution >= 0.6 is 0 Å². The summed E-state index contributed by atoms with van der Waals surface area (Å²) < 4.78 is 5.68. The second-order valence-electron chi connectivity index (χ2n) is 6.65. The van der Waals surface area contributed by atoms with E-state index in [9.17, 15) is 4.79 Å². The minimum Gasteiger partial charge on any atom is -0.376 e. The van der Waals surface area contributed by atoms with E-state index in [0.717, 1.165) is 51.9 Å². The molecule has 0 aliphatic carbocycles. The number of nitrogens with zero attached hydrogens (tertiary/aromatic N) is 1. The third kappa shape index (κ3) is 6.32. The summed E-state index contributed by atoms with van der Waals surface area (Å²) in [6, 6.07) is 0.257. The van der Waals surface area contributed by atoms with Crippen molar-refractivity contribution in [3.05, 3.63) is 0 Å². The van der Waals surface area contributed by atoms with Crippen molar-refractivity contribution in [1.29, 1.82) is 0 Å². The first-order chi connectivity index (χ1) is 9.87. The molecule has 1 aliphatic heterocycles. The average Bonchev–Trinajstić information content (AvgIpc) is 2.43. The Kier molecular flexibility index (Phi) is 7.63. The normalized spacial score (nSPS) is 23.2. The zero-order chi connectivity index (χ0) is 15.9. The second kappa shape index (κ2) is 8.71. The molecule has 21 heavy (non-hydrogen) atoms. The van der Waals surface area contributed by atoms with Crippen LogP contribution in [0.5, 0.6) is 0 Å². The van der Waals surface area contributed by atoms with E-state index in [1.54, 1.807) is 0 Å². The number of hydrogen-bond donors (Lipinski definition) is 2. The summed E-state index contributed by atoms with van der Waals surface area (Å²) in [5.74, 6) is -0.256. The Morgan fingerprint density at radius 3 is 2.76 bits per heavy atom. The predicted octanol–water partition coefficient (Wildman–Crippen LogP) is 1.51. The summed E-state index contributed by atoms with van der Waals surface area (Å²) in [4.78, 5) is 14.1. The molecule has 0 saturated carbocycles. The molecule has 0 spiro atoms. The molecule has 1 heterocycles. The largest absolute Gasteiger partial charge is 0.376 e. The van der Waals surface area contributed by atoms with Crippen molar-refractivity contribution in [2.75, 3.05) is 26.2 Å². The number of primary amides is 1. The van der Waals surface area contributed by atoms with Crippen molar-refractivity contribution in [3.63, 3.8) is 0 Å². The van der Waals surface area contributed by atoms with Crippen molar-refractivity contribution in [1.82, 2.24) is 10.2 Å². The van der Waals surface area contributed by atoms with Gasteiger partial charge in [-0.2, -0.15) is 0 Å². The number of carbonyl (C=O) groups is 1. The van der Waals surface area contributed by atoms with E-state index in [2.05, 4.69) is 17.1 Å². The maximum atomic E-state index is 11.7. The van der Waals surface area contributed by atoms with Gasteiger partial charge in [-0.3, -0.25) is 9.69 Å². The average molecular weight is 299 g/mol. The molecular formula is C16H33N3O2. The summed E-state index contributed by atoms with van der Waals surface area (Å²) in [5.41, 5.74) is 4.96. The molecule has 0 aromatic rings. The van der Waals surface area contributed by atoms with Crippen LogP contribution in [0, 0.1) is 0 Å². The number of morpholine rings is 1. The van der Waals surface area contributed by atoms with Gasteiger partial charge in [0.05, 0.1) is 18.2 Å². The van der Waals surface area contributed by atoms with Crippen LogP contribution in [-0.2, 0) is 9.53 Å². The van der Waals surface area contributed by atoms with Crippen molar-refractivity contribution in [2.45, 2.75) is 71.1 Å². The number of rotatable bonds is 9. The molecule has 1 saturated heterocycles.